The molecule has 0 bridgehead atoms. The highest BCUT2D eigenvalue weighted by Gasteiger charge is 2.42. The Labute approximate surface area is 141 Å². The number of hydrogen-bond donors (Lipinski definition) is 1. The minimum Gasteiger partial charge on any atom is -0.494 e. The number of fused-ring (bicyclic) bond motifs is 1. The lowest BCUT2D eigenvalue weighted by Crippen LogP contribution is -2.42. The summed E-state index contributed by atoms with van der Waals surface area (Å²) in [5.41, 5.74) is 0.979. The number of carboxylic acid groups (broad SMARTS) is 1. The molecule has 1 heterocycles. The van der Waals surface area contributed by atoms with E-state index >= 15 is 0 Å². The van der Waals surface area contributed by atoms with Crippen molar-refractivity contribution in [2.45, 2.75) is 56.3 Å². The van der Waals surface area contributed by atoms with E-state index in [-0.39, 0.29) is 16.6 Å². The fraction of sp³-hybridized carbons (Fsp3) is 0.611. The van der Waals surface area contributed by atoms with Crippen LogP contribution in [0.25, 0.3) is 0 Å². The maximum absolute atomic E-state index is 11.0. The fourth-order valence-electron chi connectivity index (χ4n) is 3.67. The molecule has 1 atom stereocenters. The molecule has 23 heavy (non-hydrogen) atoms. The van der Waals surface area contributed by atoms with Crippen molar-refractivity contribution >= 4 is 17.7 Å². The summed E-state index contributed by atoms with van der Waals surface area (Å²) in [6.07, 6.45) is 6.71. The van der Waals surface area contributed by atoms with Crippen LogP contribution in [0.3, 0.4) is 0 Å². The zero-order chi connectivity index (χ0) is 16.3. The molecule has 1 N–H and O–H groups in total. The summed E-state index contributed by atoms with van der Waals surface area (Å²) < 4.78 is 12.0. The van der Waals surface area contributed by atoms with Gasteiger partial charge in [0.2, 0.25) is 0 Å². The van der Waals surface area contributed by atoms with E-state index < -0.39 is 5.97 Å². The Kier molecular flexibility index (Phi) is 5.05. The normalized spacial score (nSPS) is 22.2. The molecule has 0 unspecified atom stereocenters. The van der Waals surface area contributed by atoms with Crippen LogP contribution in [0.15, 0.2) is 18.2 Å². The van der Waals surface area contributed by atoms with Crippen LogP contribution in [0.4, 0.5) is 0 Å². The molecule has 0 amide bonds. The van der Waals surface area contributed by atoms with Crippen LogP contribution < -0.4 is 9.47 Å². The molecule has 126 valence electrons. The second kappa shape index (κ2) is 7.04. The molecule has 1 aromatic carbocycles. The average Bonchev–Trinajstić information content (AvgIpc) is 2.54. The van der Waals surface area contributed by atoms with Gasteiger partial charge in [0.1, 0.15) is 17.1 Å². The Morgan fingerprint density at radius 1 is 1.39 bits per heavy atom. The molecule has 4 nitrogen and oxygen atoms in total. The standard InChI is InChI=1S/C18H24O4S/c1-2-21-13-6-7-15-14(10-13)16(23-12-17(19)20)11-18(22-15)8-4-3-5-9-18/h6-7,10,16H,2-5,8-9,11-12H2,1H3,(H,19,20)/t16-/m0/s1. The molecule has 1 aliphatic carbocycles. The molecule has 1 aromatic rings. The van der Waals surface area contributed by atoms with E-state index in [2.05, 4.69) is 0 Å². The highest BCUT2D eigenvalue weighted by Crippen LogP contribution is 2.51. The number of carbonyl (C=O) groups is 1. The van der Waals surface area contributed by atoms with Crippen LogP contribution >= 0.6 is 11.8 Å². The highest BCUT2D eigenvalue weighted by atomic mass is 32.2. The van der Waals surface area contributed by atoms with Gasteiger partial charge in [-0.05, 0) is 50.8 Å². The average molecular weight is 336 g/mol. The lowest BCUT2D eigenvalue weighted by molar-refractivity contribution is -0.133. The number of hydrogen-bond acceptors (Lipinski definition) is 4. The van der Waals surface area contributed by atoms with E-state index in [1.54, 1.807) is 0 Å². The van der Waals surface area contributed by atoms with E-state index in [4.69, 9.17) is 14.6 Å². The third-order valence-corrected chi connectivity index (χ3v) is 5.93. The quantitative estimate of drug-likeness (QED) is 0.862. The van der Waals surface area contributed by atoms with Gasteiger partial charge in [0.15, 0.2) is 0 Å². The van der Waals surface area contributed by atoms with Crippen LogP contribution in [-0.2, 0) is 4.79 Å². The molecule has 3 rings (SSSR count). The van der Waals surface area contributed by atoms with Crippen LogP contribution in [0, 0.1) is 0 Å². The molecule has 5 heteroatoms. The number of aliphatic carboxylic acids is 1. The lowest BCUT2D eigenvalue weighted by Gasteiger charge is -2.44. The van der Waals surface area contributed by atoms with Crippen LogP contribution in [-0.4, -0.2) is 29.0 Å². The molecule has 1 aliphatic heterocycles. The monoisotopic (exact) mass is 336 g/mol. The predicted octanol–water partition coefficient (Wildman–Crippen LogP) is 4.43. The van der Waals surface area contributed by atoms with E-state index in [1.807, 2.05) is 25.1 Å². The van der Waals surface area contributed by atoms with Gasteiger partial charge in [-0.15, -0.1) is 11.8 Å². The van der Waals surface area contributed by atoms with Gasteiger partial charge in [-0.2, -0.15) is 0 Å². The van der Waals surface area contributed by atoms with Crippen LogP contribution in [0.2, 0.25) is 0 Å². The van der Waals surface area contributed by atoms with E-state index in [9.17, 15) is 4.79 Å². The van der Waals surface area contributed by atoms with Crippen LogP contribution in [0.5, 0.6) is 11.5 Å². The zero-order valence-electron chi connectivity index (χ0n) is 13.5. The largest absolute Gasteiger partial charge is 0.494 e. The molecule has 0 radical (unpaired) electrons. The minimum atomic E-state index is -0.762. The Bertz CT molecular complexity index is 566. The van der Waals surface area contributed by atoms with Crippen molar-refractivity contribution in [3.8, 4) is 11.5 Å². The summed E-state index contributed by atoms with van der Waals surface area (Å²) in [5.74, 6) is 1.10. The van der Waals surface area contributed by atoms with Gasteiger partial charge < -0.3 is 14.6 Å². The maximum atomic E-state index is 11.0. The molecule has 2 aliphatic rings. The van der Waals surface area contributed by atoms with E-state index in [0.717, 1.165) is 36.3 Å². The first kappa shape index (κ1) is 16.5. The van der Waals surface area contributed by atoms with Crippen molar-refractivity contribution in [2.24, 2.45) is 0 Å². The third kappa shape index (κ3) is 3.77. The van der Waals surface area contributed by atoms with Crippen molar-refractivity contribution in [1.29, 1.82) is 0 Å². The highest BCUT2D eigenvalue weighted by molar-refractivity contribution is 8.00. The summed E-state index contributed by atoms with van der Waals surface area (Å²) >= 11 is 1.51. The summed E-state index contributed by atoms with van der Waals surface area (Å²) in [4.78, 5) is 11.0. The van der Waals surface area contributed by atoms with E-state index in [1.165, 1.54) is 31.0 Å². The maximum Gasteiger partial charge on any atom is 0.313 e. The third-order valence-electron chi connectivity index (χ3n) is 4.70. The van der Waals surface area contributed by atoms with Crippen molar-refractivity contribution in [3.05, 3.63) is 23.8 Å². The molecule has 1 saturated carbocycles. The Balaban J connectivity index is 1.88. The van der Waals surface area contributed by atoms with Crippen molar-refractivity contribution in [1.82, 2.24) is 0 Å². The van der Waals surface area contributed by atoms with Crippen LogP contribution in [0.1, 0.15) is 56.3 Å². The molecule has 1 spiro atoms. The number of carboxylic acids is 1. The van der Waals surface area contributed by atoms with Crippen molar-refractivity contribution < 1.29 is 19.4 Å². The number of ether oxygens (including phenoxy) is 2. The summed E-state index contributed by atoms with van der Waals surface area (Å²) in [7, 11) is 0. The van der Waals surface area contributed by atoms with Gasteiger partial charge in [-0.1, -0.05) is 6.42 Å². The zero-order valence-corrected chi connectivity index (χ0v) is 14.4. The van der Waals surface area contributed by atoms with Gasteiger partial charge in [0, 0.05) is 17.2 Å². The Hall–Kier alpha value is -1.36. The summed E-state index contributed by atoms with van der Waals surface area (Å²) in [6, 6.07) is 5.96. The second-order valence-corrected chi connectivity index (χ2v) is 7.57. The first-order valence-corrected chi connectivity index (χ1v) is 9.46. The first-order chi connectivity index (χ1) is 11.1. The molecule has 0 aromatic heterocycles. The van der Waals surface area contributed by atoms with Gasteiger partial charge in [-0.3, -0.25) is 4.79 Å². The summed E-state index contributed by atoms with van der Waals surface area (Å²) in [6.45, 7) is 2.58. The number of benzene rings is 1. The summed E-state index contributed by atoms with van der Waals surface area (Å²) in [5, 5.41) is 9.22. The van der Waals surface area contributed by atoms with Gasteiger partial charge in [0.05, 0.1) is 12.4 Å². The first-order valence-electron chi connectivity index (χ1n) is 8.41. The number of thioether (sulfide) groups is 1. The SMILES string of the molecule is CCOc1ccc2c(c1)[C@@H](SCC(=O)O)CC1(CCCCC1)O2. The van der Waals surface area contributed by atoms with Gasteiger partial charge in [0.25, 0.3) is 0 Å². The van der Waals surface area contributed by atoms with Gasteiger partial charge >= 0.3 is 5.97 Å². The number of rotatable bonds is 5. The van der Waals surface area contributed by atoms with Crippen molar-refractivity contribution in [3.63, 3.8) is 0 Å². The minimum absolute atomic E-state index is 0.103. The fourth-order valence-corrected chi connectivity index (χ4v) is 4.80. The second-order valence-electron chi connectivity index (χ2n) is 6.38. The molecule has 1 fully saturated rings. The lowest BCUT2D eigenvalue weighted by atomic mass is 9.78. The molecule has 0 saturated heterocycles. The molecular formula is C18H24O4S. The molecular weight excluding hydrogens is 312 g/mol. The Morgan fingerprint density at radius 2 is 2.17 bits per heavy atom. The van der Waals surface area contributed by atoms with E-state index in [0.29, 0.717) is 6.61 Å². The van der Waals surface area contributed by atoms with Gasteiger partial charge in [-0.25, -0.2) is 0 Å². The smallest absolute Gasteiger partial charge is 0.313 e. The Morgan fingerprint density at radius 3 is 2.87 bits per heavy atom. The predicted molar refractivity (Wildman–Crippen MR) is 91.5 cm³/mol. The topological polar surface area (TPSA) is 55.8 Å². The van der Waals surface area contributed by atoms with Crippen molar-refractivity contribution in [2.75, 3.05) is 12.4 Å².